The first-order valence-corrected chi connectivity index (χ1v) is 11.3. The van der Waals surface area contributed by atoms with E-state index in [4.69, 9.17) is 23.2 Å². The van der Waals surface area contributed by atoms with Crippen LogP contribution in [0.2, 0.25) is 10.0 Å². The van der Waals surface area contributed by atoms with Crippen molar-refractivity contribution >= 4 is 44.8 Å². The second kappa shape index (κ2) is 10.3. The number of nitrogens with zero attached hydrogens (tertiary/aromatic N) is 2. The first-order valence-electron chi connectivity index (χ1n) is 9.06. The van der Waals surface area contributed by atoms with Crippen LogP contribution >= 0.6 is 23.2 Å². The maximum Gasteiger partial charge on any atom is 0.264 e. The van der Waals surface area contributed by atoms with E-state index in [1.165, 1.54) is 30.3 Å². The third-order valence-corrected chi connectivity index (χ3v) is 6.36. The minimum atomic E-state index is -4.00. The van der Waals surface area contributed by atoms with Gasteiger partial charge < -0.3 is 10.2 Å². The van der Waals surface area contributed by atoms with Crippen molar-refractivity contribution < 1.29 is 13.2 Å². The van der Waals surface area contributed by atoms with Crippen LogP contribution in [0.4, 0.5) is 5.69 Å². The van der Waals surface area contributed by atoms with Gasteiger partial charge >= 0.3 is 0 Å². The Labute approximate surface area is 182 Å². The molecule has 0 saturated heterocycles. The van der Waals surface area contributed by atoms with Gasteiger partial charge in [-0.2, -0.15) is 0 Å². The molecule has 0 aliphatic heterocycles. The van der Waals surface area contributed by atoms with E-state index < -0.39 is 15.9 Å². The van der Waals surface area contributed by atoms with Crippen molar-refractivity contribution in [3.8, 4) is 0 Å². The van der Waals surface area contributed by atoms with E-state index in [1.54, 1.807) is 12.1 Å². The van der Waals surface area contributed by atoms with Gasteiger partial charge in [-0.15, -0.1) is 0 Å². The SMILES string of the molecule is Cc1ccc(S(=O)(=O)N(CC(=O)NCCCN(C)C)c2cc(Cl)cc(Cl)c2)cc1. The predicted molar refractivity (Wildman–Crippen MR) is 118 cm³/mol. The fourth-order valence-electron chi connectivity index (χ4n) is 2.65. The number of aryl methyl sites for hydroxylation is 1. The van der Waals surface area contributed by atoms with Crippen LogP contribution in [0.3, 0.4) is 0 Å². The van der Waals surface area contributed by atoms with Crippen LogP contribution in [0.5, 0.6) is 0 Å². The van der Waals surface area contributed by atoms with Crippen LogP contribution < -0.4 is 9.62 Å². The molecule has 0 aliphatic carbocycles. The highest BCUT2D eigenvalue weighted by molar-refractivity contribution is 7.92. The molecule has 2 rings (SSSR count). The highest BCUT2D eigenvalue weighted by atomic mass is 35.5. The number of anilines is 1. The average molecular weight is 458 g/mol. The van der Waals surface area contributed by atoms with Gasteiger partial charge in [0, 0.05) is 16.6 Å². The highest BCUT2D eigenvalue weighted by Gasteiger charge is 2.27. The topological polar surface area (TPSA) is 69.7 Å². The van der Waals surface area contributed by atoms with Crippen molar-refractivity contribution in [1.82, 2.24) is 10.2 Å². The van der Waals surface area contributed by atoms with E-state index in [0.29, 0.717) is 6.54 Å². The van der Waals surface area contributed by atoms with Gasteiger partial charge in [-0.1, -0.05) is 40.9 Å². The Morgan fingerprint density at radius 3 is 2.17 bits per heavy atom. The largest absolute Gasteiger partial charge is 0.354 e. The van der Waals surface area contributed by atoms with Gasteiger partial charge in [0.2, 0.25) is 5.91 Å². The molecule has 1 N–H and O–H groups in total. The number of sulfonamides is 1. The zero-order chi connectivity index (χ0) is 21.6. The van der Waals surface area contributed by atoms with Gasteiger partial charge in [0.1, 0.15) is 6.54 Å². The van der Waals surface area contributed by atoms with Crippen molar-refractivity contribution in [3.63, 3.8) is 0 Å². The average Bonchev–Trinajstić information content (AvgIpc) is 2.62. The lowest BCUT2D eigenvalue weighted by molar-refractivity contribution is -0.119. The molecule has 0 fully saturated rings. The number of hydrogen-bond acceptors (Lipinski definition) is 4. The molecule has 0 atom stereocenters. The minimum absolute atomic E-state index is 0.0830. The summed E-state index contributed by atoms with van der Waals surface area (Å²) in [6.45, 7) is 2.75. The second-order valence-corrected chi connectivity index (χ2v) is 9.69. The first-order chi connectivity index (χ1) is 13.6. The Morgan fingerprint density at radius 2 is 1.62 bits per heavy atom. The number of carbonyl (C=O) groups is 1. The van der Waals surface area contributed by atoms with E-state index in [1.807, 2.05) is 25.9 Å². The maximum atomic E-state index is 13.3. The van der Waals surface area contributed by atoms with Crippen molar-refractivity contribution in [2.75, 3.05) is 38.0 Å². The number of rotatable bonds is 9. The lowest BCUT2D eigenvalue weighted by Gasteiger charge is -2.24. The van der Waals surface area contributed by atoms with E-state index in [2.05, 4.69) is 5.32 Å². The summed E-state index contributed by atoms with van der Waals surface area (Å²) in [6.07, 6.45) is 0.756. The molecule has 2 aromatic rings. The number of halogens is 2. The number of hydrogen-bond donors (Lipinski definition) is 1. The summed E-state index contributed by atoms with van der Waals surface area (Å²) in [4.78, 5) is 14.6. The summed E-state index contributed by atoms with van der Waals surface area (Å²) in [5, 5.41) is 3.32. The molecule has 0 spiro atoms. The van der Waals surface area contributed by atoms with Gasteiger partial charge in [-0.25, -0.2) is 8.42 Å². The van der Waals surface area contributed by atoms with Crippen molar-refractivity contribution in [3.05, 3.63) is 58.1 Å². The molecule has 9 heteroatoms. The molecule has 2 aromatic carbocycles. The third kappa shape index (κ3) is 6.89. The van der Waals surface area contributed by atoms with E-state index in [0.717, 1.165) is 22.8 Å². The zero-order valence-corrected chi connectivity index (χ0v) is 19.0. The monoisotopic (exact) mass is 457 g/mol. The van der Waals surface area contributed by atoms with Crippen LogP contribution in [-0.2, 0) is 14.8 Å². The first kappa shape index (κ1) is 23.5. The minimum Gasteiger partial charge on any atom is -0.354 e. The summed E-state index contributed by atoms with van der Waals surface area (Å²) in [5.74, 6) is -0.407. The molecule has 0 unspecified atom stereocenters. The Bertz CT molecular complexity index is 928. The van der Waals surface area contributed by atoms with Crippen LogP contribution in [0, 0.1) is 6.92 Å². The molecule has 29 heavy (non-hydrogen) atoms. The summed E-state index contributed by atoms with van der Waals surface area (Å²) >= 11 is 12.1. The number of carbonyl (C=O) groups excluding carboxylic acids is 1. The molecule has 6 nitrogen and oxygen atoms in total. The lowest BCUT2D eigenvalue weighted by atomic mass is 10.2. The molecule has 158 valence electrons. The fourth-order valence-corrected chi connectivity index (χ4v) is 4.56. The Hall–Kier alpha value is -1.80. The third-order valence-electron chi connectivity index (χ3n) is 4.14. The van der Waals surface area contributed by atoms with Gasteiger partial charge in [0.05, 0.1) is 10.6 Å². The molecule has 0 aromatic heterocycles. The summed E-state index contributed by atoms with van der Waals surface area (Å²) in [6, 6.07) is 10.9. The number of benzene rings is 2. The van der Waals surface area contributed by atoms with Crippen molar-refractivity contribution in [2.24, 2.45) is 0 Å². The summed E-state index contributed by atoms with van der Waals surface area (Å²) in [7, 11) is -0.106. The quantitative estimate of drug-likeness (QED) is 0.584. The molecule has 0 radical (unpaired) electrons. The standard InChI is InChI=1S/C20H25Cl2N3O3S/c1-15-5-7-19(8-6-15)29(27,28)25(18-12-16(21)11-17(22)13-18)14-20(26)23-9-4-10-24(2)3/h5-8,11-13H,4,9-10,14H2,1-3H3,(H,23,26). The van der Waals surface area contributed by atoms with Crippen molar-refractivity contribution in [1.29, 1.82) is 0 Å². The molecule has 1 amide bonds. The smallest absolute Gasteiger partial charge is 0.264 e. The highest BCUT2D eigenvalue weighted by Crippen LogP contribution is 2.29. The van der Waals surface area contributed by atoms with E-state index >= 15 is 0 Å². The molecule has 0 aliphatic rings. The molecule has 0 heterocycles. The lowest BCUT2D eigenvalue weighted by Crippen LogP contribution is -2.41. The number of nitrogens with one attached hydrogen (secondary N) is 1. The second-order valence-electron chi connectivity index (χ2n) is 6.96. The Kier molecular flexibility index (Phi) is 8.34. The van der Waals surface area contributed by atoms with Gasteiger partial charge in [0.15, 0.2) is 0 Å². The molecular formula is C20H25Cl2N3O3S. The summed E-state index contributed by atoms with van der Waals surface area (Å²) in [5.41, 5.74) is 1.16. The van der Waals surface area contributed by atoms with Gasteiger partial charge in [-0.3, -0.25) is 9.10 Å². The van der Waals surface area contributed by atoms with E-state index in [9.17, 15) is 13.2 Å². The summed E-state index contributed by atoms with van der Waals surface area (Å²) < 4.78 is 27.6. The predicted octanol–water partition coefficient (Wildman–Crippen LogP) is 3.57. The molecule has 0 saturated carbocycles. The van der Waals surface area contributed by atoms with E-state index in [-0.39, 0.29) is 27.2 Å². The zero-order valence-electron chi connectivity index (χ0n) is 16.7. The van der Waals surface area contributed by atoms with Gasteiger partial charge in [-0.05, 0) is 64.3 Å². The molecule has 0 bridgehead atoms. The van der Waals surface area contributed by atoms with Crippen LogP contribution in [0.1, 0.15) is 12.0 Å². The fraction of sp³-hybridized carbons (Fsp3) is 0.350. The molecular weight excluding hydrogens is 433 g/mol. The maximum absolute atomic E-state index is 13.3. The Morgan fingerprint density at radius 1 is 1.03 bits per heavy atom. The van der Waals surface area contributed by atoms with Crippen LogP contribution in [0.15, 0.2) is 47.4 Å². The van der Waals surface area contributed by atoms with Crippen molar-refractivity contribution in [2.45, 2.75) is 18.2 Å². The number of amides is 1. The van der Waals surface area contributed by atoms with Gasteiger partial charge in [0.25, 0.3) is 10.0 Å². The van der Waals surface area contributed by atoms with Crippen LogP contribution in [0.25, 0.3) is 0 Å². The van der Waals surface area contributed by atoms with Crippen LogP contribution in [-0.4, -0.2) is 53.0 Å². The normalized spacial score (nSPS) is 11.5. The Balaban J connectivity index is 2.31.